The second-order valence-electron chi connectivity index (χ2n) is 5.36. The molecule has 0 bridgehead atoms. The molecule has 4 aromatic rings. The molecular formula is C19H14N4OS. The molecule has 0 aliphatic carbocycles. The van der Waals surface area contributed by atoms with Crippen molar-refractivity contribution < 1.29 is 4.79 Å². The van der Waals surface area contributed by atoms with Gasteiger partial charge in [0.1, 0.15) is 10.7 Å². The van der Waals surface area contributed by atoms with Crippen molar-refractivity contribution in [3.05, 3.63) is 76.9 Å². The fraction of sp³-hybridized carbons (Fsp3) is 0. The van der Waals surface area contributed by atoms with Crippen molar-refractivity contribution in [1.82, 2.24) is 15.4 Å². The lowest BCUT2D eigenvalue weighted by atomic mass is 10.0. The van der Waals surface area contributed by atoms with Crippen molar-refractivity contribution in [2.45, 2.75) is 0 Å². The number of aromatic nitrogens is 2. The molecule has 2 heterocycles. The zero-order valence-electron chi connectivity index (χ0n) is 13.1. The zero-order valence-corrected chi connectivity index (χ0v) is 14.0. The van der Waals surface area contributed by atoms with Crippen LogP contribution in [0.5, 0.6) is 0 Å². The maximum absolute atomic E-state index is 12.7. The SMILES string of the molecule is O=C(N/N=C\c1nccs1)c1[nH]c2ccccc2c1-c1ccccc1. The van der Waals surface area contributed by atoms with Gasteiger partial charge >= 0.3 is 0 Å². The van der Waals surface area contributed by atoms with Crippen LogP contribution in [0.2, 0.25) is 0 Å². The van der Waals surface area contributed by atoms with E-state index in [0.717, 1.165) is 27.0 Å². The molecule has 0 fully saturated rings. The van der Waals surface area contributed by atoms with Crippen molar-refractivity contribution in [3.8, 4) is 11.1 Å². The van der Waals surface area contributed by atoms with E-state index < -0.39 is 0 Å². The first-order valence-corrected chi connectivity index (χ1v) is 8.60. The number of rotatable bonds is 4. The minimum absolute atomic E-state index is 0.289. The van der Waals surface area contributed by atoms with Crippen molar-refractivity contribution >= 4 is 34.4 Å². The predicted octanol–water partition coefficient (Wildman–Crippen LogP) is 4.06. The predicted molar refractivity (Wildman–Crippen MR) is 101 cm³/mol. The van der Waals surface area contributed by atoms with E-state index in [-0.39, 0.29) is 5.91 Å². The maximum atomic E-state index is 12.7. The summed E-state index contributed by atoms with van der Waals surface area (Å²) in [7, 11) is 0. The number of hydrogen-bond donors (Lipinski definition) is 2. The zero-order chi connectivity index (χ0) is 17.1. The number of carbonyl (C=O) groups excluding carboxylic acids is 1. The molecule has 5 nitrogen and oxygen atoms in total. The van der Waals surface area contributed by atoms with Crippen LogP contribution in [-0.2, 0) is 0 Å². The monoisotopic (exact) mass is 346 g/mol. The van der Waals surface area contributed by atoms with E-state index in [1.165, 1.54) is 17.6 Å². The highest BCUT2D eigenvalue weighted by atomic mass is 32.1. The van der Waals surface area contributed by atoms with Crippen LogP contribution in [-0.4, -0.2) is 22.1 Å². The van der Waals surface area contributed by atoms with Gasteiger partial charge in [0.25, 0.3) is 5.91 Å². The van der Waals surface area contributed by atoms with E-state index in [2.05, 4.69) is 20.5 Å². The van der Waals surface area contributed by atoms with Crippen LogP contribution in [0.4, 0.5) is 0 Å². The van der Waals surface area contributed by atoms with Gasteiger partial charge in [-0.3, -0.25) is 4.79 Å². The Morgan fingerprint density at radius 2 is 1.92 bits per heavy atom. The van der Waals surface area contributed by atoms with Crippen molar-refractivity contribution in [3.63, 3.8) is 0 Å². The van der Waals surface area contributed by atoms with Crippen LogP contribution in [0.25, 0.3) is 22.0 Å². The third-order valence-electron chi connectivity index (χ3n) is 3.79. The lowest BCUT2D eigenvalue weighted by molar-refractivity contribution is 0.0951. The van der Waals surface area contributed by atoms with Crippen molar-refractivity contribution in [2.24, 2.45) is 5.10 Å². The number of amides is 1. The number of nitrogens with one attached hydrogen (secondary N) is 2. The molecule has 6 heteroatoms. The summed E-state index contributed by atoms with van der Waals surface area (Å²) in [4.78, 5) is 20.0. The standard InChI is InChI=1S/C19H14N4OS/c24-19(23-21-12-16-20-10-11-25-16)18-17(13-6-2-1-3-7-13)14-8-4-5-9-15(14)22-18/h1-12,22H,(H,23,24)/b21-12-. The second-order valence-corrected chi connectivity index (χ2v) is 6.28. The lowest BCUT2D eigenvalue weighted by Crippen LogP contribution is -2.18. The normalized spacial score (nSPS) is 11.2. The van der Waals surface area contributed by atoms with Gasteiger partial charge in [-0.05, 0) is 11.6 Å². The average molecular weight is 346 g/mol. The first kappa shape index (κ1) is 15.3. The molecule has 0 unspecified atom stereocenters. The van der Waals surface area contributed by atoms with Gasteiger partial charge in [-0.1, -0.05) is 48.5 Å². The molecule has 2 aromatic carbocycles. The van der Waals surface area contributed by atoms with Gasteiger partial charge in [0, 0.05) is 28.0 Å². The second kappa shape index (κ2) is 6.70. The first-order chi connectivity index (χ1) is 12.3. The molecule has 0 aliphatic heterocycles. The van der Waals surface area contributed by atoms with Crippen LogP contribution in [0, 0.1) is 0 Å². The molecule has 0 saturated carbocycles. The highest BCUT2D eigenvalue weighted by molar-refractivity contribution is 7.11. The number of fused-ring (bicyclic) bond motifs is 1. The van der Waals surface area contributed by atoms with Crippen molar-refractivity contribution in [2.75, 3.05) is 0 Å². The Morgan fingerprint density at radius 1 is 1.12 bits per heavy atom. The maximum Gasteiger partial charge on any atom is 0.288 e. The fourth-order valence-corrected chi connectivity index (χ4v) is 3.21. The summed E-state index contributed by atoms with van der Waals surface area (Å²) in [5.74, 6) is -0.289. The smallest absolute Gasteiger partial charge is 0.288 e. The van der Waals surface area contributed by atoms with Gasteiger partial charge in [-0.2, -0.15) is 5.10 Å². The van der Waals surface area contributed by atoms with E-state index in [4.69, 9.17) is 0 Å². The fourth-order valence-electron chi connectivity index (χ4n) is 2.72. The highest BCUT2D eigenvalue weighted by Crippen LogP contribution is 2.32. The van der Waals surface area contributed by atoms with E-state index in [1.807, 2.05) is 60.0 Å². The molecule has 0 spiro atoms. The minimum atomic E-state index is -0.289. The van der Waals surface area contributed by atoms with Gasteiger partial charge < -0.3 is 4.98 Å². The molecule has 1 amide bonds. The Morgan fingerprint density at radius 3 is 2.72 bits per heavy atom. The molecule has 0 atom stereocenters. The van der Waals surface area contributed by atoms with Gasteiger partial charge in [-0.15, -0.1) is 11.3 Å². The Labute approximate surface area is 148 Å². The molecule has 122 valence electrons. The average Bonchev–Trinajstić information content (AvgIpc) is 3.30. The van der Waals surface area contributed by atoms with Gasteiger partial charge in [0.2, 0.25) is 0 Å². The first-order valence-electron chi connectivity index (χ1n) is 7.72. The highest BCUT2D eigenvalue weighted by Gasteiger charge is 2.18. The third-order valence-corrected chi connectivity index (χ3v) is 4.50. The summed E-state index contributed by atoms with van der Waals surface area (Å²) in [6.07, 6.45) is 3.23. The number of H-pyrrole nitrogens is 1. The quantitative estimate of drug-likeness (QED) is 0.432. The summed E-state index contributed by atoms with van der Waals surface area (Å²) in [5.41, 5.74) is 5.83. The Balaban J connectivity index is 1.72. The molecule has 0 aliphatic rings. The van der Waals surface area contributed by atoms with Crippen molar-refractivity contribution in [1.29, 1.82) is 0 Å². The molecule has 2 aromatic heterocycles. The Bertz CT molecular complexity index is 1040. The lowest BCUT2D eigenvalue weighted by Gasteiger charge is -2.04. The number of carbonyl (C=O) groups is 1. The van der Waals surface area contributed by atoms with Gasteiger partial charge in [0.05, 0.1) is 6.21 Å². The number of aromatic amines is 1. The molecule has 0 radical (unpaired) electrons. The molecule has 2 N–H and O–H groups in total. The summed E-state index contributed by atoms with van der Waals surface area (Å²) in [6.45, 7) is 0. The molecular weight excluding hydrogens is 332 g/mol. The summed E-state index contributed by atoms with van der Waals surface area (Å²) >= 11 is 1.45. The number of hydrogen-bond acceptors (Lipinski definition) is 4. The van der Waals surface area contributed by atoms with E-state index in [0.29, 0.717) is 5.69 Å². The van der Waals surface area contributed by atoms with E-state index >= 15 is 0 Å². The van der Waals surface area contributed by atoms with Gasteiger partial charge in [0.15, 0.2) is 0 Å². The molecule has 0 saturated heterocycles. The molecule has 4 rings (SSSR count). The Kier molecular flexibility index (Phi) is 4.10. The number of nitrogens with zero attached hydrogens (tertiary/aromatic N) is 2. The van der Waals surface area contributed by atoms with E-state index in [1.54, 1.807) is 6.20 Å². The van der Waals surface area contributed by atoms with Crippen LogP contribution < -0.4 is 5.43 Å². The van der Waals surface area contributed by atoms with Gasteiger partial charge in [-0.25, -0.2) is 10.4 Å². The van der Waals surface area contributed by atoms with E-state index in [9.17, 15) is 4.79 Å². The summed E-state index contributed by atoms with van der Waals surface area (Å²) in [6, 6.07) is 17.7. The topological polar surface area (TPSA) is 70.1 Å². The summed E-state index contributed by atoms with van der Waals surface area (Å²) in [5, 5.41) is 7.59. The number of thiazole rings is 1. The summed E-state index contributed by atoms with van der Waals surface area (Å²) < 4.78 is 0. The molecule has 25 heavy (non-hydrogen) atoms. The third kappa shape index (κ3) is 3.07. The number of para-hydroxylation sites is 1. The van der Waals surface area contributed by atoms with Crippen LogP contribution >= 0.6 is 11.3 Å². The number of benzene rings is 2. The largest absolute Gasteiger partial charge is 0.350 e. The van der Waals surface area contributed by atoms with Crippen LogP contribution in [0.3, 0.4) is 0 Å². The number of hydrazone groups is 1. The minimum Gasteiger partial charge on any atom is -0.350 e. The van der Waals surface area contributed by atoms with Crippen LogP contribution in [0.15, 0.2) is 71.3 Å². The van der Waals surface area contributed by atoms with Crippen LogP contribution in [0.1, 0.15) is 15.5 Å². The Hall–Kier alpha value is -3.25.